The van der Waals surface area contributed by atoms with Crippen molar-refractivity contribution in [3.63, 3.8) is 0 Å². The zero-order valence-electron chi connectivity index (χ0n) is 10.5. The van der Waals surface area contributed by atoms with Crippen LogP contribution in [0.1, 0.15) is 16.5 Å². The van der Waals surface area contributed by atoms with E-state index in [-0.39, 0.29) is 4.90 Å². The van der Waals surface area contributed by atoms with E-state index in [0.29, 0.717) is 11.1 Å². The lowest BCUT2D eigenvalue weighted by atomic mass is 10.0. The highest BCUT2D eigenvalue weighted by Crippen LogP contribution is 2.30. The third kappa shape index (κ3) is 3.16. The van der Waals surface area contributed by atoms with Gasteiger partial charge in [-0.15, -0.1) is 11.6 Å². The summed E-state index contributed by atoms with van der Waals surface area (Å²) >= 11 is 6.18. The lowest BCUT2D eigenvalue weighted by molar-refractivity contribution is 0.507. The zero-order valence-corrected chi connectivity index (χ0v) is 12.0. The second-order valence-electron chi connectivity index (χ2n) is 4.38. The van der Waals surface area contributed by atoms with Crippen LogP contribution in [0.4, 0.5) is 8.78 Å². The van der Waals surface area contributed by atoms with Gasteiger partial charge in [-0.2, -0.15) is 0 Å². The van der Waals surface area contributed by atoms with Gasteiger partial charge in [0.05, 0.1) is 10.3 Å². The van der Waals surface area contributed by atoms with Crippen LogP contribution in [0.15, 0.2) is 47.4 Å². The van der Waals surface area contributed by atoms with E-state index in [2.05, 4.69) is 0 Å². The monoisotopic (exact) mass is 316 g/mol. The van der Waals surface area contributed by atoms with Crippen LogP contribution in [0.25, 0.3) is 0 Å². The maximum Gasteiger partial charge on any atom is 0.175 e. The molecule has 2 nitrogen and oxygen atoms in total. The summed E-state index contributed by atoms with van der Waals surface area (Å²) in [6.07, 6.45) is 1.11. The summed E-state index contributed by atoms with van der Waals surface area (Å²) in [6, 6.07) is 9.38. The van der Waals surface area contributed by atoms with Crippen molar-refractivity contribution in [1.29, 1.82) is 0 Å². The second-order valence-corrected chi connectivity index (χ2v) is 6.83. The normalized spacial score (nSPS) is 13.2. The average molecular weight is 317 g/mol. The van der Waals surface area contributed by atoms with Gasteiger partial charge < -0.3 is 0 Å². The molecule has 2 rings (SSSR count). The summed E-state index contributed by atoms with van der Waals surface area (Å²) in [7, 11) is -3.27. The molecule has 2 aromatic rings. The Hall–Kier alpha value is -1.46. The van der Waals surface area contributed by atoms with Crippen molar-refractivity contribution in [2.24, 2.45) is 0 Å². The third-order valence-corrected chi connectivity index (χ3v) is 4.47. The van der Waals surface area contributed by atoms with Crippen LogP contribution in [-0.2, 0) is 9.84 Å². The quantitative estimate of drug-likeness (QED) is 0.809. The van der Waals surface area contributed by atoms with Crippen LogP contribution < -0.4 is 0 Å². The van der Waals surface area contributed by atoms with E-state index in [1.807, 2.05) is 0 Å². The topological polar surface area (TPSA) is 34.1 Å². The van der Waals surface area contributed by atoms with Crippen LogP contribution in [0, 0.1) is 11.6 Å². The Kier molecular flexibility index (Phi) is 4.11. The molecule has 0 saturated carbocycles. The molecule has 0 amide bonds. The fraction of sp³-hybridized carbons (Fsp3) is 0.143. The van der Waals surface area contributed by atoms with Crippen molar-refractivity contribution in [3.05, 3.63) is 65.2 Å². The molecule has 20 heavy (non-hydrogen) atoms. The van der Waals surface area contributed by atoms with Crippen LogP contribution in [0.2, 0.25) is 0 Å². The molecule has 1 atom stereocenters. The molecular formula is C14H11ClF2O2S. The fourth-order valence-corrected chi connectivity index (χ4v) is 2.66. The van der Waals surface area contributed by atoms with Gasteiger partial charge in [0, 0.05) is 6.26 Å². The smallest absolute Gasteiger partial charge is 0.175 e. The van der Waals surface area contributed by atoms with E-state index in [1.165, 1.54) is 18.2 Å². The number of rotatable bonds is 3. The van der Waals surface area contributed by atoms with E-state index >= 15 is 0 Å². The number of halogens is 3. The number of sulfone groups is 1. The molecule has 0 fully saturated rings. The molecule has 0 spiro atoms. The Morgan fingerprint density at radius 3 is 2.00 bits per heavy atom. The van der Waals surface area contributed by atoms with Gasteiger partial charge in [0.1, 0.15) is 0 Å². The SMILES string of the molecule is CS(=O)(=O)c1ccc(C(Cl)c2ccc(F)c(F)c2)cc1. The molecule has 0 N–H and O–H groups in total. The molecular weight excluding hydrogens is 306 g/mol. The molecule has 6 heteroatoms. The highest BCUT2D eigenvalue weighted by molar-refractivity contribution is 7.90. The molecule has 0 aromatic heterocycles. The minimum absolute atomic E-state index is 0.176. The number of alkyl halides is 1. The maximum absolute atomic E-state index is 13.2. The molecule has 0 aliphatic heterocycles. The van der Waals surface area contributed by atoms with Crippen molar-refractivity contribution >= 4 is 21.4 Å². The first kappa shape index (κ1) is 14.9. The largest absolute Gasteiger partial charge is 0.224 e. The number of hydrogen-bond acceptors (Lipinski definition) is 2. The van der Waals surface area contributed by atoms with E-state index < -0.39 is 26.8 Å². The fourth-order valence-electron chi connectivity index (χ4n) is 1.75. The van der Waals surface area contributed by atoms with Gasteiger partial charge in [0.25, 0.3) is 0 Å². The molecule has 1 unspecified atom stereocenters. The Morgan fingerprint density at radius 2 is 1.50 bits per heavy atom. The average Bonchev–Trinajstić information content (AvgIpc) is 2.40. The number of hydrogen-bond donors (Lipinski definition) is 0. The van der Waals surface area contributed by atoms with Crippen molar-refractivity contribution in [2.75, 3.05) is 6.26 Å². The lowest BCUT2D eigenvalue weighted by Crippen LogP contribution is -1.99. The maximum atomic E-state index is 13.2. The standard InChI is InChI=1S/C14H11ClF2O2S/c1-20(18,19)11-5-2-9(3-6-11)14(15)10-4-7-12(16)13(17)8-10/h2-8,14H,1H3. The third-order valence-electron chi connectivity index (χ3n) is 2.84. The van der Waals surface area contributed by atoms with Crippen molar-refractivity contribution in [1.82, 2.24) is 0 Å². The molecule has 0 aliphatic carbocycles. The predicted octanol–water partition coefficient (Wildman–Crippen LogP) is 3.70. The predicted molar refractivity (Wildman–Crippen MR) is 73.6 cm³/mol. The van der Waals surface area contributed by atoms with Crippen molar-refractivity contribution < 1.29 is 17.2 Å². The number of benzene rings is 2. The highest BCUT2D eigenvalue weighted by atomic mass is 35.5. The Labute approximate surface area is 120 Å². The first-order chi connectivity index (χ1) is 9.29. The molecule has 0 heterocycles. The Balaban J connectivity index is 2.33. The van der Waals surface area contributed by atoms with Crippen LogP contribution >= 0.6 is 11.6 Å². The first-order valence-electron chi connectivity index (χ1n) is 5.68. The van der Waals surface area contributed by atoms with E-state index in [0.717, 1.165) is 18.4 Å². The van der Waals surface area contributed by atoms with Gasteiger partial charge in [-0.3, -0.25) is 0 Å². The van der Waals surface area contributed by atoms with Crippen molar-refractivity contribution in [2.45, 2.75) is 10.3 Å². The molecule has 0 saturated heterocycles. The lowest BCUT2D eigenvalue weighted by Gasteiger charge is -2.11. The minimum atomic E-state index is -3.27. The van der Waals surface area contributed by atoms with Gasteiger partial charge in [0.15, 0.2) is 21.5 Å². The van der Waals surface area contributed by atoms with Gasteiger partial charge >= 0.3 is 0 Å². The summed E-state index contributed by atoms with van der Waals surface area (Å²) in [4.78, 5) is 0.176. The van der Waals surface area contributed by atoms with Crippen LogP contribution in [0.5, 0.6) is 0 Å². The molecule has 106 valence electrons. The van der Waals surface area contributed by atoms with E-state index in [4.69, 9.17) is 11.6 Å². The summed E-state index contributed by atoms with van der Waals surface area (Å²) in [5.74, 6) is -1.91. The second kappa shape index (κ2) is 5.50. The summed E-state index contributed by atoms with van der Waals surface area (Å²) in [6.45, 7) is 0. The summed E-state index contributed by atoms with van der Waals surface area (Å²) < 4.78 is 48.7. The molecule has 2 aromatic carbocycles. The molecule has 0 aliphatic rings. The van der Waals surface area contributed by atoms with Crippen molar-refractivity contribution in [3.8, 4) is 0 Å². The van der Waals surface area contributed by atoms with Crippen LogP contribution in [-0.4, -0.2) is 14.7 Å². The van der Waals surface area contributed by atoms with E-state index in [9.17, 15) is 17.2 Å². The van der Waals surface area contributed by atoms with E-state index in [1.54, 1.807) is 12.1 Å². The molecule has 0 radical (unpaired) electrons. The summed E-state index contributed by atoms with van der Waals surface area (Å²) in [5.41, 5.74) is 1.00. The Bertz CT molecular complexity index is 727. The van der Waals surface area contributed by atoms with Gasteiger partial charge in [-0.05, 0) is 35.4 Å². The van der Waals surface area contributed by atoms with Gasteiger partial charge in [-0.1, -0.05) is 18.2 Å². The Morgan fingerprint density at radius 1 is 0.950 bits per heavy atom. The minimum Gasteiger partial charge on any atom is -0.224 e. The summed E-state index contributed by atoms with van der Waals surface area (Å²) in [5, 5.41) is -0.682. The highest BCUT2D eigenvalue weighted by Gasteiger charge is 2.14. The van der Waals surface area contributed by atoms with Crippen LogP contribution in [0.3, 0.4) is 0 Å². The zero-order chi connectivity index (χ0) is 14.9. The molecule has 0 bridgehead atoms. The van der Waals surface area contributed by atoms with Gasteiger partial charge in [0.2, 0.25) is 0 Å². The van der Waals surface area contributed by atoms with Gasteiger partial charge in [-0.25, -0.2) is 17.2 Å². The first-order valence-corrected chi connectivity index (χ1v) is 8.01.